The molecule has 47 heavy (non-hydrogen) atoms. The largest absolute Gasteiger partial charge is 0.507 e. The van der Waals surface area contributed by atoms with E-state index in [0.717, 1.165) is 13.2 Å². The molecule has 0 unspecified atom stereocenters. The number of aliphatic hydroxyl groups excluding tert-OH is 7. The van der Waals surface area contributed by atoms with E-state index >= 15 is 0 Å². The van der Waals surface area contributed by atoms with Crippen LogP contribution in [0.2, 0.25) is 0 Å². The molecule has 0 radical (unpaired) electrons. The number of ether oxygens (including phenoxy) is 6. The van der Waals surface area contributed by atoms with Crippen LogP contribution in [0.15, 0.2) is 33.5 Å². The van der Waals surface area contributed by atoms with Crippen molar-refractivity contribution in [1.82, 2.24) is 0 Å². The van der Waals surface area contributed by atoms with E-state index in [1.165, 1.54) is 25.3 Å². The number of aliphatic hydroxyl groups is 7. The van der Waals surface area contributed by atoms with Crippen molar-refractivity contribution in [2.24, 2.45) is 0 Å². The topological polar surface area (TPSA) is 288 Å². The number of fused-ring (bicyclic) bond motifs is 1. The third-order valence-corrected chi connectivity index (χ3v) is 7.88. The number of rotatable bonds is 9. The van der Waals surface area contributed by atoms with Crippen molar-refractivity contribution in [3.63, 3.8) is 0 Å². The van der Waals surface area contributed by atoms with Crippen LogP contribution in [-0.4, -0.2) is 140 Å². The summed E-state index contributed by atoms with van der Waals surface area (Å²) in [7, 11) is 2.42. The normalized spacial score (nSPS) is 31.1. The highest BCUT2D eigenvalue weighted by atomic mass is 16.8. The fourth-order valence-corrected chi connectivity index (χ4v) is 5.36. The zero-order chi connectivity index (χ0) is 34.3. The zero-order valence-electron chi connectivity index (χ0n) is 24.7. The number of phenols is 3. The van der Waals surface area contributed by atoms with Gasteiger partial charge in [0.15, 0.2) is 41.0 Å². The van der Waals surface area contributed by atoms with E-state index in [1.54, 1.807) is 0 Å². The van der Waals surface area contributed by atoms with Crippen molar-refractivity contribution < 1.29 is 83.9 Å². The molecule has 3 heterocycles. The molecule has 2 aliphatic rings. The van der Waals surface area contributed by atoms with Gasteiger partial charge >= 0.3 is 0 Å². The Labute approximate surface area is 264 Å². The van der Waals surface area contributed by atoms with Crippen molar-refractivity contribution >= 4 is 11.0 Å². The summed E-state index contributed by atoms with van der Waals surface area (Å²) >= 11 is 0. The van der Waals surface area contributed by atoms with E-state index in [-0.39, 0.29) is 22.8 Å². The molecule has 0 amide bonds. The molecule has 2 saturated heterocycles. The molecule has 3 aromatic rings. The second-order valence-electron chi connectivity index (χ2n) is 10.8. The second kappa shape index (κ2) is 13.6. The van der Waals surface area contributed by atoms with Crippen molar-refractivity contribution in [3.8, 4) is 45.8 Å². The summed E-state index contributed by atoms with van der Waals surface area (Å²) in [6.07, 6.45) is -18.1. The van der Waals surface area contributed by atoms with Gasteiger partial charge in [-0.05, 0) is 18.2 Å². The number of aromatic hydroxyl groups is 3. The standard InChI is InChI=1S/C29H34O18/c1-41-13-5-9(3-4-10(13)32)23-26(19(37)16-11(33)6-12(34)24(42-2)25(16)45-23)46-29-27(21(39)18(36)15(8-31)44-29)47-28-22(40)20(38)17(35)14(7-30)43-28/h3-6,14-15,17-18,20-22,27-36,38-40H,7-8H2,1-2H3/t14-,15-,17-,18-,20+,21+,22-,27-,28+,29+/m0/s1. The molecule has 10 atom stereocenters. The van der Waals surface area contributed by atoms with Gasteiger partial charge in [-0.25, -0.2) is 0 Å². The van der Waals surface area contributed by atoms with Gasteiger partial charge in [0.05, 0.1) is 27.4 Å². The van der Waals surface area contributed by atoms with E-state index in [1.807, 2.05) is 0 Å². The first-order valence-corrected chi connectivity index (χ1v) is 14.1. The van der Waals surface area contributed by atoms with E-state index < -0.39 is 114 Å². The monoisotopic (exact) mass is 670 g/mol. The summed E-state index contributed by atoms with van der Waals surface area (Å²) in [6, 6.07) is 4.56. The van der Waals surface area contributed by atoms with Gasteiger partial charge in [0.1, 0.15) is 53.9 Å². The quantitative estimate of drug-likeness (QED) is 0.113. The average molecular weight is 671 g/mol. The van der Waals surface area contributed by atoms with Gasteiger partial charge in [0.2, 0.25) is 23.2 Å². The van der Waals surface area contributed by atoms with E-state index in [9.17, 15) is 55.9 Å². The molecule has 0 aliphatic carbocycles. The maximum atomic E-state index is 14.1. The van der Waals surface area contributed by atoms with Gasteiger partial charge < -0.3 is 83.9 Å². The van der Waals surface area contributed by atoms with Crippen LogP contribution >= 0.6 is 0 Å². The number of benzene rings is 2. The molecule has 18 heteroatoms. The van der Waals surface area contributed by atoms with E-state index in [0.29, 0.717) is 0 Å². The molecule has 2 aromatic carbocycles. The maximum Gasteiger partial charge on any atom is 0.239 e. The lowest BCUT2D eigenvalue weighted by molar-refractivity contribution is -0.358. The van der Waals surface area contributed by atoms with Crippen molar-refractivity contribution in [1.29, 1.82) is 0 Å². The smallest absolute Gasteiger partial charge is 0.239 e. The van der Waals surface area contributed by atoms with Gasteiger partial charge in [0, 0.05) is 11.6 Å². The van der Waals surface area contributed by atoms with Crippen LogP contribution in [0, 0.1) is 0 Å². The summed E-state index contributed by atoms with van der Waals surface area (Å²) < 4.78 is 38.9. The van der Waals surface area contributed by atoms with Crippen LogP contribution in [0.4, 0.5) is 0 Å². The molecule has 2 fully saturated rings. The fraction of sp³-hybridized carbons (Fsp3) is 0.483. The zero-order valence-corrected chi connectivity index (χ0v) is 24.7. The summed E-state index contributed by atoms with van der Waals surface area (Å²) in [6.45, 7) is -1.68. The van der Waals surface area contributed by atoms with Crippen LogP contribution < -0.4 is 19.6 Å². The number of hydrogen-bond donors (Lipinski definition) is 10. The van der Waals surface area contributed by atoms with Gasteiger partial charge in [-0.15, -0.1) is 0 Å². The highest BCUT2D eigenvalue weighted by Crippen LogP contribution is 2.44. The summed E-state index contributed by atoms with van der Waals surface area (Å²) in [4.78, 5) is 14.1. The lowest BCUT2D eigenvalue weighted by Crippen LogP contribution is -2.65. The highest BCUT2D eigenvalue weighted by molar-refractivity contribution is 5.93. The maximum absolute atomic E-state index is 14.1. The molecule has 0 bridgehead atoms. The van der Waals surface area contributed by atoms with Gasteiger partial charge in [-0.1, -0.05) is 0 Å². The molecular weight excluding hydrogens is 636 g/mol. The van der Waals surface area contributed by atoms with Gasteiger partial charge in [0.25, 0.3) is 0 Å². The van der Waals surface area contributed by atoms with E-state index in [4.69, 9.17) is 32.8 Å². The molecule has 0 spiro atoms. The predicted octanol–water partition coefficient (Wildman–Crippen LogP) is -2.40. The Morgan fingerprint density at radius 3 is 1.98 bits per heavy atom. The van der Waals surface area contributed by atoms with Gasteiger partial charge in [-0.2, -0.15) is 0 Å². The van der Waals surface area contributed by atoms with Crippen molar-refractivity contribution in [2.45, 2.75) is 61.4 Å². The summed E-state index contributed by atoms with van der Waals surface area (Å²) in [5, 5.41) is 103. The first-order valence-electron chi connectivity index (χ1n) is 14.1. The van der Waals surface area contributed by atoms with Crippen LogP contribution in [0.25, 0.3) is 22.3 Å². The van der Waals surface area contributed by atoms with Crippen molar-refractivity contribution in [2.75, 3.05) is 27.4 Å². The highest BCUT2D eigenvalue weighted by Gasteiger charge is 2.51. The minimum atomic E-state index is -1.98. The Balaban J connectivity index is 1.66. The Morgan fingerprint density at radius 1 is 0.723 bits per heavy atom. The Bertz CT molecular complexity index is 1640. The Morgan fingerprint density at radius 2 is 1.36 bits per heavy atom. The molecular formula is C29H34O18. The van der Waals surface area contributed by atoms with Crippen molar-refractivity contribution in [3.05, 3.63) is 34.5 Å². The predicted molar refractivity (Wildman–Crippen MR) is 153 cm³/mol. The number of methoxy groups -OCH3 is 2. The summed E-state index contributed by atoms with van der Waals surface area (Å²) in [5.74, 6) is -3.18. The lowest BCUT2D eigenvalue weighted by atomic mass is 9.97. The lowest BCUT2D eigenvalue weighted by Gasteiger charge is -2.45. The molecule has 5 rings (SSSR count). The summed E-state index contributed by atoms with van der Waals surface area (Å²) in [5.41, 5.74) is -1.48. The first kappa shape index (κ1) is 34.4. The molecule has 10 N–H and O–H groups in total. The number of phenolic OH excluding ortho intramolecular Hbond substituents is 3. The average Bonchev–Trinajstić information content (AvgIpc) is 3.05. The molecule has 0 saturated carbocycles. The third kappa shape index (κ3) is 6.11. The molecule has 258 valence electrons. The van der Waals surface area contributed by atoms with E-state index in [2.05, 4.69) is 0 Å². The Kier molecular flexibility index (Phi) is 9.99. The SMILES string of the molecule is COc1cc(-c2oc3c(OC)c(O)cc(O)c3c(=O)c2O[C@H]2O[C@@H](CO)[C@H](O)[C@@H](O)[C@@H]2O[C@H]2O[C@@H](CO)[C@H](O)[C@@H](O)[C@@H]2O)ccc1O. The van der Waals surface area contributed by atoms with Crippen LogP contribution in [0.3, 0.4) is 0 Å². The third-order valence-electron chi connectivity index (χ3n) is 7.88. The minimum absolute atomic E-state index is 0.0278. The fourth-order valence-electron chi connectivity index (χ4n) is 5.36. The Hall–Kier alpha value is -3.95. The molecule has 1 aromatic heterocycles. The second-order valence-corrected chi connectivity index (χ2v) is 10.8. The first-order chi connectivity index (χ1) is 22.4. The minimum Gasteiger partial charge on any atom is -0.507 e. The number of hydrogen-bond acceptors (Lipinski definition) is 18. The molecule has 18 nitrogen and oxygen atoms in total. The van der Waals surface area contributed by atoms with Crippen LogP contribution in [-0.2, 0) is 14.2 Å². The van der Waals surface area contributed by atoms with Crippen LogP contribution in [0.1, 0.15) is 0 Å². The molecule has 2 aliphatic heterocycles. The van der Waals surface area contributed by atoms with Crippen LogP contribution in [0.5, 0.6) is 34.5 Å². The van der Waals surface area contributed by atoms with Gasteiger partial charge in [-0.3, -0.25) is 4.79 Å².